The highest BCUT2D eigenvalue weighted by molar-refractivity contribution is 6.30. The molecule has 0 radical (unpaired) electrons. The van der Waals surface area contributed by atoms with Crippen molar-refractivity contribution in [1.29, 1.82) is 0 Å². The van der Waals surface area contributed by atoms with Gasteiger partial charge in [0.1, 0.15) is 5.82 Å². The molecule has 1 fully saturated rings. The molecular formula is C29H23Cl2FN4O4. The summed E-state index contributed by atoms with van der Waals surface area (Å²) >= 11 is 12.3. The molecule has 1 amide bonds. The van der Waals surface area contributed by atoms with Crippen molar-refractivity contribution in [2.75, 3.05) is 13.2 Å². The lowest BCUT2D eigenvalue weighted by molar-refractivity contribution is -0.148. The number of rotatable bonds is 7. The van der Waals surface area contributed by atoms with Crippen LogP contribution in [0.1, 0.15) is 49.5 Å². The van der Waals surface area contributed by atoms with Crippen LogP contribution < -0.4 is 0 Å². The highest BCUT2D eigenvalue weighted by Gasteiger charge is 2.55. The van der Waals surface area contributed by atoms with E-state index < -0.39 is 29.3 Å². The van der Waals surface area contributed by atoms with Gasteiger partial charge >= 0.3 is 0 Å². The minimum atomic E-state index is -1.68. The first kappa shape index (κ1) is 26.6. The molecule has 0 saturated carbocycles. The van der Waals surface area contributed by atoms with Gasteiger partial charge in [0.2, 0.25) is 5.72 Å². The second-order valence-electron chi connectivity index (χ2n) is 9.73. The zero-order valence-electron chi connectivity index (χ0n) is 21.3. The summed E-state index contributed by atoms with van der Waals surface area (Å²) in [6, 6.07) is 12.7. The fourth-order valence-electron chi connectivity index (χ4n) is 5.24. The molecule has 2 aliphatic heterocycles. The van der Waals surface area contributed by atoms with E-state index in [-0.39, 0.29) is 35.4 Å². The SMILES string of the molecule is Cn1cc(C(=O)c2cc(F)c3c(c2)C(=O)N(Cc2ccc(Cl)cn2)[C@@]3(O[C@H]2CCOC2)c2ccc(Cl)cc2)cn1. The fraction of sp³-hybridized carbons (Fsp3) is 0.241. The van der Waals surface area contributed by atoms with Crippen molar-refractivity contribution in [2.45, 2.75) is 24.8 Å². The number of hydrogen-bond donors (Lipinski definition) is 0. The van der Waals surface area contributed by atoms with Crippen LogP contribution in [0, 0.1) is 5.82 Å². The molecule has 2 aliphatic rings. The molecule has 8 nitrogen and oxygen atoms in total. The third kappa shape index (κ3) is 4.58. The molecule has 2 aromatic heterocycles. The number of benzene rings is 2. The maximum Gasteiger partial charge on any atom is 0.257 e. The molecule has 2 aromatic carbocycles. The molecule has 11 heteroatoms. The number of carbonyl (C=O) groups is 2. The van der Waals surface area contributed by atoms with Gasteiger partial charge in [-0.1, -0.05) is 35.3 Å². The Balaban J connectivity index is 1.56. The summed E-state index contributed by atoms with van der Waals surface area (Å²) in [5.41, 5.74) is -0.330. The number of fused-ring (bicyclic) bond motifs is 1. The van der Waals surface area contributed by atoms with E-state index in [1.54, 1.807) is 43.4 Å². The van der Waals surface area contributed by atoms with Gasteiger partial charge in [-0.3, -0.25) is 24.2 Å². The third-order valence-corrected chi connectivity index (χ3v) is 7.56. The Morgan fingerprint density at radius 1 is 1.12 bits per heavy atom. The van der Waals surface area contributed by atoms with Gasteiger partial charge in [0, 0.05) is 42.2 Å². The number of amides is 1. The molecule has 0 unspecified atom stereocenters. The predicted octanol–water partition coefficient (Wildman–Crippen LogP) is 5.15. The zero-order valence-corrected chi connectivity index (χ0v) is 22.8. The number of halogens is 3. The third-order valence-electron chi connectivity index (χ3n) is 7.08. The van der Waals surface area contributed by atoms with Crippen molar-refractivity contribution < 1.29 is 23.5 Å². The molecule has 1 saturated heterocycles. The van der Waals surface area contributed by atoms with Gasteiger partial charge in [-0.15, -0.1) is 0 Å². The normalized spacial score (nSPS) is 20.2. The van der Waals surface area contributed by atoms with Crippen LogP contribution in [0.15, 0.2) is 67.1 Å². The number of ether oxygens (including phenoxy) is 2. The zero-order chi connectivity index (χ0) is 28.0. The number of aryl methyl sites for hydroxylation is 1. The molecule has 40 heavy (non-hydrogen) atoms. The van der Waals surface area contributed by atoms with Crippen LogP contribution in [0.5, 0.6) is 0 Å². The Labute approximate surface area is 239 Å². The Kier molecular flexibility index (Phi) is 6.92. The molecule has 0 spiro atoms. The molecule has 6 rings (SSSR count). The van der Waals surface area contributed by atoms with Crippen LogP contribution in [0.25, 0.3) is 0 Å². The topological polar surface area (TPSA) is 86.6 Å². The Bertz CT molecular complexity index is 1600. The molecule has 2 atom stereocenters. The summed E-state index contributed by atoms with van der Waals surface area (Å²) in [7, 11) is 1.68. The lowest BCUT2D eigenvalue weighted by Gasteiger charge is -2.41. The first-order valence-corrected chi connectivity index (χ1v) is 13.3. The average molecular weight is 581 g/mol. The van der Waals surface area contributed by atoms with E-state index in [1.165, 1.54) is 34.2 Å². The van der Waals surface area contributed by atoms with E-state index >= 15 is 4.39 Å². The van der Waals surface area contributed by atoms with Gasteiger partial charge < -0.3 is 9.47 Å². The summed E-state index contributed by atoms with van der Waals surface area (Å²) < 4.78 is 30.1. The Morgan fingerprint density at radius 2 is 1.90 bits per heavy atom. The van der Waals surface area contributed by atoms with E-state index in [2.05, 4.69) is 10.1 Å². The smallest absolute Gasteiger partial charge is 0.257 e. The van der Waals surface area contributed by atoms with E-state index in [0.29, 0.717) is 34.3 Å². The molecule has 0 aliphatic carbocycles. The van der Waals surface area contributed by atoms with Gasteiger partial charge in [0.05, 0.1) is 52.9 Å². The second-order valence-corrected chi connectivity index (χ2v) is 10.6. The number of hydrogen-bond acceptors (Lipinski definition) is 6. The van der Waals surface area contributed by atoms with Crippen molar-refractivity contribution in [3.8, 4) is 0 Å². The van der Waals surface area contributed by atoms with E-state index in [4.69, 9.17) is 32.7 Å². The molecule has 204 valence electrons. The number of ketones is 1. The number of carbonyl (C=O) groups excluding carboxylic acids is 2. The van der Waals surface area contributed by atoms with Crippen LogP contribution >= 0.6 is 23.2 Å². The van der Waals surface area contributed by atoms with E-state index in [1.807, 2.05) is 0 Å². The molecule has 0 N–H and O–H groups in total. The highest BCUT2D eigenvalue weighted by atomic mass is 35.5. The average Bonchev–Trinajstić information content (AvgIpc) is 3.67. The Morgan fingerprint density at radius 3 is 2.55 bits per heavy atom. The van der Waals surface area contributed by atoms with Gasteiger partial charge in [0.25, 0.3) is 5.91 Å². The number of pyridine rings is 1. The predicted molar refractivity (Wildman–Crippen MR) is 145 cm³/mol. The minimum Gasteiger partial charge on any atom is -0.379 e. The van der Waals surface area contributed by atoms with Crippen LogP contribution in [-0.2, 0) is 28.8 Å². The second kappa shape index (κ2) is 10.4. The van der Waals surface area contributed by atoms with Crippen molar-refractivity contribution >= 4 is 34.9 Å². The summed E-state index contributed by atoms with van der Waals surface area (Å²) in [6.07, 6.45) is 4.55. The fourth-order valence-corrected chi connectivity index (χ4v) is 5.48. The highest BCUT2D eigenvalue weighted by Crippen LogP contribution is 2.49. The van der Waals surface area contributed by atoms with E-state index in [0.717, 1.165) is 6.07 Å². The first-order chi connectivity index (χ1) is 19.3. The maximum atomic E-state index is 16.4. The monoisotopic (exact) mass is 580 g/mol. The minimum absolute atomic E-state index is 0.0171. The largest absolute Gasteiger partial charge is 0.379 e. The van der Waals surface area contributed by atoms with Crippen LogP contribution in [0.2, 0.25) is 10.0 Å². The van der Waals surface area contributed by atoms with Crippen LogP contribution in [-0.4, -0.2) is 50.7 Å². The molecule has 4 aromatic rings. The van der Waals surface area contributed by atoms with E-state index in [9.17, 15) is 9.59 Å². The van der Waals surface area contributed by atoms with Crippen molar-refractivity contribution in [2.24, 2.45) is 7.05 Å². The first-order valence-electron chi connectivity index (χ1n) is 12.6. The van der Waals surface area contributed by atoms with Gasteiger partial charge in [-0.2, -0.15) is 5.10 Å². The van der Waals surface area contributed by atoms with Crippen LogP contribution in [0.3, 0.4) is 0 Å². The molecule has 4 heterocycles. The lowest BCUT2D eigenvalue weighted by Crippen LogP contribution is -2.49. The standard InChI is InChI=1S/C29H23Cl2FN4O4/c1-35-14-18(12-34-35)27(37)17-10-24-26(25(32)11-17)29(40-23-8-9-39-16-23,19-2-4-20(30)5-3-19)36(28(24)38)15-22-7-6-21(31)13-33-22/h2-7,10-14,23H,8-9,15-16H2,1H3/t23-,29+/m0/s1. The number of nitrogens with zero attached hydrogens (tertiary/aromatic N) is 4. The molecule has 0 bridgehead atoms. The van der Waals surface area contributed by atoms with Crippen LogP contribution in [0.4, 0.5) is 4.39 Å². The maximum absolute atomic E-state index is 16.4. The summed E-state index contributed by atoms with van der Waals surface area (Å²) in [6.45, 7) is 0.735. The van der Waals surface area contributed by atoms with Gasteiger partial charge in [-0.05, 0) is 42.8 Å². The summed E-state index contributed by atoms with van der Waals surface area (Å²) in [5.74, 6) is -1.72. The van der Waals surface area contributed by atoms with Crippen molar-refractivity contribution in [1.82, 2.24) is 19.7 Å². The van der Waals surface area contributed by atoms with Crippen molar-refractivity contribution in [3.63, 3.8) is 0 Å². The number of aromatic nitrogens is 3. The summed E-state index contributed by atoms with van der Waals surface area (Å²) in [5, 5.41) is 4.94. The van der Waals surface area contributed by atoms with Gasteiger partial charge in [-0.25, -0.2) is 4.39 Å². The lowest BCUT2D eigenvalue weighted by atomic mass is 9.90. The quantitative estimate of drug-likeness (QED) is 0.281. The Hall–Kier alpha value is -3.63. The summed E-state index contributed by atoms with van der Waals surface area (Å²) in [4.78, 5) is 33.3. The van der Waals surface area contributed by atoms with Crippen molar-refractivity contribution in [3.05, 3.63) is 116 Å². The van der Waals surface area contributed by atoms with Gasteiger partial charge in [0.15, 0.2) is 5.78 Å². The molecular weight excluding hydrogens is 558 g/mol.